The van der Waals surface area contributed by atoms with Gasteiger partial charge in [0, 0.05) is 31.0 Å². The Kier molecular flexibility index (Phi) is 3.67. The SMILES string of the molecule is Cc1ccc(-c2cnc(NCCN)nc2)cc1. The normalized spacial score (nSPS) is 10.2. The second-order valence-corrected chi connectivity index (χ2v) is 3.88. The van der Waals surface area contributed by atoms with Gasteiger partial charge in [-0.3, -0.25) is 0 Å². The number of hydrogen-bond donors (Lipinski definition) is 2. The zero-order chi connectivity index (χ0) is 12.1. The Morgan fingerprint density at radius 1 is 1.06 bits per heavy atom. The highest BCUT2D eigenvalue weighted by Crippen LogP contribution is 2.18. The van der Waals surface area contributed by atoms with Crippen LogP contribution in [0.5, 0.6) is 0 Å². The van der Waals surface area contributed by atoms with Crippen molar-refractivity contribution in [3.63, 3.8) is 0 Å². The average Bonchev–Trinajstić information content (AvgIpc) is 2.38. The average molecular weight is 228 g/mol. The van der Waals surface area contributed by atoms with Crippen LogP contribution >= 0.6 is 0 Å². The van der Waals surface area contributed by atoms with Crippen molar-refractivity contribution in [1.29, 1.82) is 0 Å². The highest BCUT2D eigenvalue weighted by atomic mass is 15.1. The monoisotopic (exact) mass is 228 g/mol. The van der Waals surface area contributed by atoms with Crippen LogP contribution in [0.3, 0.4) is 0 Å². The largest absolute Gasteiger partial charge is 0.353 e. The predicted octanol–water partition coefficient (Wildman–Crippen LogP) is 1.82. The molecular weight excluding hydrogens is 212 g/mol. The molecule has 0 fully saturated rings. The summed E-state index contributed by atoms with van der Waals surface area (Å²) in [6, 6.07) is 8.30. The minimum absolute atomic E-state index is 0.572. The van der Waals surface area contributed by atoms with E-state index in [4.69, 9.17) is 5.73 Å². The lowest BCUT2D eigenvalue weighted by Gasteiger charge is -2.04. The number of hydrogen-bond acceptors (Lipinski definition) is 4. The lowest BCUT2D eigenvalue weighted by Crippen LogP contribution is -2.14. The Labute approximate surface area is 101 Å². The lowest BCUT2D eigenvalue weighted by molar-refractivity contribution is 0.990. The molecule has 0 aliphatic rings. The molecule has 0 saturated heterocycles. The third-order valence-electron chi connectivity index (χ3n) is 2.46. The van der Waals surface area contributed by atoms with Gasteiger partial charge in [0.1, 0.15) is 0 Å². The van der Waals surface area contributed by atoms with Gasteiger partial charge in [0.15, 0.2) is 0 Å². The van der Waals surface area contributed by atoms with E-state index >= 15 is 0 Å². The van der Waals surface area contributed by atoms with Gasteiger partial charge in [0.25, 0.3) is 0 Å². The molecule has 0 aliphatic heterocycles. The molecule has 0 bridgehead atoms. The summed E-state index contributed by atoms with van der Waals surface area (Å²) >= 11 is 0. The molecule has 0 unspecified atom stereocenters. The summed E-state index contributed by atoms with van der Waals surface area (Å²) in [4.78, 5) is 8.47. The second-order valence-electron chi connectivity index (χ2n) is 3.88. The van der Waals surface area contributed by atoms with Crippen molar-refractivity contribution in [2.45, 2.75) is 6.92 Å². The molecule has 2 rings (SSSR count). The number of nitrogens with zero attached hydrogens (tertiary/aromatic N) is 2. The maximum absolute atomic E-state index is 5.39. The molecule has 1 heterocycles. The highest BCUT2D eigenvalue weighted by molar-refractivity contribution is 5.62. The van der Waals surface area contributed by atoms with E-state index < -0.39 is 0 Å². The van der Waals surface area contributed by atoms with Crippen molar-refractivity contribution in [2.75, 3.05) is 18.4 Å². The first kappa shape index (κ1) is 11.5. The molecule has 1 aromatic carbocycles. The fourth-order valence-corrected chi connectivity index (χ4v) is 1.50. The van der Waals surface area contributed by atoms with Crippen LogP contribution < -0.4 is 11.1 Å². The summed E-state index contributed by atoms with van der Waals surface area (Å²) < 4.78 is 0. The Morgan fingerprint density at radius 3 is 2.29 bits per heavy atom. The van der Waals surface area contributed by atoms with Crippen molar-refractivity contribution < 1.29 is 0 Å². The number of benzene rings is 1. The van der Waals surface area contributed by atoms with Gasteiger partial charge in [-0.1, -0.05) is 29.8 Å². The van der Waals surface area contributed by atoms with Crippen molar-refractivity contribution in [3.8, 4) is 11.1 Å². The number of aromatic nitrogens is 2. The number of anilines is 1. The van der Waals surface area contributed by atoms with Gasteiger partial charge < -0.3 is 11.1 Å². The summed E-state index contributed by atoms with van der Waals surface area (Å²) in [7, 11) is 0. The topological polar surface area (TPSA) is 63.8 Å². The maximum atomic E-state index is 5.39. The molecule has 4 heteroatoms. The Bertz CT molecular complexity index is 462. The van der Waals surface area contributed by atoms with Crippen LogP contribution in [0.15, 0.2) is 36.7 Å². The molecule has 88 valence electrons. The van der Waals surface area contributed by atoms with E-state index in [0.717, 1.165) is 11.1 Å². The number of nitrogens with two attached hydrogens (primary N) is 1. The molecule has 0 saturated carbocycles. The van der Waals surface area contributed by atoms with Crippen LogP contribution in [0.2, 0.25) is 0 Å². The molecular formula is C13H16N4. The van der Waals surface area contributed by atoms with Gasteiger partial charge in [-0.25, -0.2) is 9.97 Å². The molecule has 0 aliphatic carbocycles. The summed E-state index contributed by atoms with van der Waals surface area (Å²) in [5.74, 6) is 0.617. The minimum Gasteiger partial charge on any atom is -0.353 e. The Balaban J connectivity index is 2.14. The summed E-state index contributed by atoms with van der Waals surface area (Å²) in [5, 5.41) is 3.03. The Morgan fingerprint density at radius 2 is 1.71 bits per heavy atom. The highest BCUT2D eigenvalue weighted by Gasteiger charge is 1.99. The van der Waals surface area contributed by atoms with Crippen LogP contribution in [0.4, 0.5) is 5.95 Å². The summed E-state index contributed by atoms with van der Waals surface area (Å²) in [5.41, 5.74) is 8.78. The third kappa shape index (κ3) is 3.01. The first-order valence-electron chi connectivity index (χ1n) is 5.62. The quantitative estimate of drug-likeness (QED) is 0.838. The second kappa shape index (κ2) is 5.41. The number of aryl methyl sites for hydroxylation is 1. The third-order valence-corrected chi connectivity index (χ3v) is 2.46. The fraction of sp³-hybridized carbons (Fsp3) is 0.231. The number of nitrogens with one attached hydrogen (secondary N) is 1. The first-order chi connectivity index (χ1) is 8.29. The molecule has 0 atom stereocenters. The van der Waals surface area contributed by atoms with E-state index in [1.807, 2.05) is 12.4 Å². The van der Waals surface area contributed by atoms with E-state index in [2.05, 4.69) is 46.5 Å². The van der Waals surface area contributed by atoms with Gasteiger partial charge in [0.2, 0.25) is 5.95 Å². The molecule has 17 heavy (non-hydrogen) atoms. The zero-order valence-corrected chi connectivity index (χ0v) is 9.85. The molecule has 2 aromatic rings. The standard InChI is InChI=1S/C13H16N4/c1-10-2-4-11(5-3-10)12-8-16-13(17-9-12)15-7-6-14/h2-5,8-9H,6-7,14H2,1H3,(H,15,16,17). The van der Waals surface area contributed by atoms with Crippen LogP contribution in [0.25, 0.3) is 11.1 Å². The smallest absolute Gasteiger partial charge is 0.222 e. The number of rotatable bonds is 4. The molecule has 0 amide bonds. The predicted molar refractivity (Wildman–Crippen MR) is 69.7 cm³/mol. The fourth-order valence-electron chi connectivity index (χ4n) is 1.50. The van der Waals surface area contributed by atoms with E-state index in [1.54, 1.807) is 0 Å². The summed E-state index contributed by atoms with van der Waals surface area (Å²) in [6.45, 7) is 3.33. The van der Waals surface area contributed by atoms with Crippen molar-refractivity contribution >= 4 is 5.95 Å². The van der Waals surface area contributed by atoms with Gasteiger partial charge in [-0.05, 0) is 12.5 Å². The van der Waals surface area contributed by atoms with Crippen molar-refractivity contribution in [1.82, 2.24) is 9.97 Å². The van der Waals surface area contributed by atoms with Crippen molar-refractivity contribution in [3.05, 3.63) is 42.2 Å². The van der Waals surface area contributed by atoms with E-state index in [1.165, 1.54) is 5.56 Å². The van der Waals surface area contributed by atoms with Gasteiger partial charge >= 0.3 is 0 Å². The minimum atomic E-state index is 0.572. The first-order valence-corrected chi connectivity index (χ1v) is 5.62. The molecule has 4 nitrogen and oxygen atoms in total. The van der Waals surface area contributed by atoms with Crippen LogP contribution in [-0.2, 0) is 0 Å². The van der Waals surface area contributed by atoms with Gasteiger partial charge in [-0.2, -0.15) is 0 Å². The molecule has 3 N–H and O–H groups in total. The maximum Gasteiger partial charge on any atom is 0.222 e. The van der Waals surface area contributed by atoms with E-state index in [-0.39, 0.29) is 0 Å². The van der Waals surface area contributed by atoms with Crippen LogP contribution in [0, 0.1) is 6.92 Å². The Hall–Kier alpha value is -1.94. The van der Waals surface area contributed by atoms with E-state index in [9.17, 15) is 0 Å². The molecule has 0 spiro atoms. The van der Waals surface area contributed by atoms with Crippen molar-refractivity contribution in [2.24, 2.45) is 5.73 Å². The lowest BCUT2D eigenvalue weighted by atomic mass is 10.1. The molecule has 1 aromatic heterocycles. The van der Waals surface area contributed by atoms with Gasteiger partial charge in [0.05, 0.1) is 0 Å². The van der Waals surface area contributed by atoms with Crippen LogP contribution in [-0.4, -0.2) is 23.1 Å². The van der Waals surface area contributed by atoms with Gasteiger partial charge in [-0.15, -0.1) is 0 Å². The summed E-state index contributed by atoms with van der Waals surface area (Å²) in [6.07, 6.45) is 3.63. The van der Waals surface area contributed by atoms with E-state index in [0.29, 0.717) is 19.0 Å². The zero-order valence-electron chi connectivity index (χ0n) is 9.85. The van der Waals surface area contributed by atoms with Crippen LogP contribution in [0.1, 0.15) is 5.56 Å². The molecule has 0 radical (unpaired) electrons.